The minimum atomic E-state index is 0.0805. The number of hydrogen-bond acceptors (Lipinski definition) is 3. The maximum atomic E-state index is 12.2. The Morgan fingerprint density at radius 1 is 1.24 bits per heavy atom. The first kappa shape index (κ1) is 17.9. The molecule has 1 spiro atoms. The van der Waals surface area contributed by atoms with Gasteiger partial charge >= 0.3 is 0 Å². The first-order valence-electron chi connectivity index (χ1n) is 9.33. The molecule has 2 fully saturated rings. The molecule has 3 rings (SSSR count). The van der Waals surface area contributed by atoms with Crippen LogP contribution in [0.2, 0.25) is 0 Å². The fraction of sp³-hybridized carbons (Fsp3) is 0.600. The van der Waals surface area contributed by atoms with Gasteiger partial charge in [-0.05, 0) is 56.3 Å². The van der Waals surface area contributed by atoms with E-state index in [0.29, 0.717) is 25.4 Å². The van der Waals surface area contributed by atoms with Gasteiger partial charge in [-0.15, -0.1) is 0 Å². The van der Waals surface area contributed by atoms with Gasteiger partial charge in [-0.2, -0.15) is 0 Å². The van der Waals surface area contributed by atoms with Crippen molar-refractivity contribution in [1.29, 1.82) is 0 Å². The standard InChI is InChI=1S/C20H29N3O2/c1-3-23-15-20(12-19(23)25)8-10-22(11-9-20)14-18(24)21-13-17-7-5-4-6-16(17)2/h4-7H,3,8-15H2,1-2H3,(H,21,24). The Labute approximate surface area is 150 Å². The third-order valence-electron chi connectivity index (χ3n) is 5.81. The number of carbonyl (C=O) groups excluding carboxylic acids is 2. The molecule has 0 saturated carbocycles. The highest BCUT2D eigenvalue weighted by molar-refractivity contribution is 5.79. The molecule has 2 amide bonds. The summed E-state index contributed by atoms with van der Waals surface area (Å²) in [6, 6.07) is 8.13. The van der Waals surface area contributed by atoms with Crippen molar-refractivity contribution in [2.45, 2.75) is 39.7 Å². The molecular formula is C20H29N3O2. The number of likely N-dealkylation sites (tertiary alicyclic amines) is 2. The molecule has 136 valence electrons. The summed E-state index contributed by atoms with van der Waals surface area (Å²) in [7, 11) is 0. The van der Waals surface area contributed by atoms with Crippen LogP contribution in [0.15, 0.2) is 24.3 Å². The van der Waals surface area contributed by atoms with Gasteiger partial charge in [0.2, 0.25) is 11.8 Å². The fourth-order valence-corrected chi connectivity index (χ4v) is 4.05. The molecule has 0 atom stereocenters. The highest BCUT2D eigenvalue weighted by Gasteiger charge is 2.44. The van der Waals surface area contributed by atoms with E-state index in [9.17, 15) is 9.59 Å². The first-order valence-corrected chi connectivity index (χ1v) is 9.33. The summed E-state index contributed by atoms with van der Waals surface area (Å²) in [5, 5.41) is 3.03. The summed E-state index contributed by atoms with van der Waals surface area (Å²) >= 11 is 0. The number of nitrogens with one attached hydrogen (secondary N) is 1. The van der Waals surface area contributed by atoms with Crippen LogP contribution in [0.25, 0.3) is 0 Å². The molecule has 1 aromatic rings. The molecule has 2 aliphatic rings. The van der Waals surface area contributed by atoms with Crippen molar-refractivity contribution < 1.29 is 9.59 Å². The van der Waals surface area contributed by atoms with Crippen molar-refractivity contribution in [3.05, 3.63) is 35.4 Å². The molecule has 25 heavy (non-hydrogen) atoms. The Balaban J connectivity index is 1.44. The van der Waals surface area contributed by atoms with Crippen molar-refractivity contribution in [3.8, 4) is 0 Å². The third-order valence-corrected chi connectivity index (χ3v) is 5.81. The van der Waals surface area contributed by atoms with Gasteiger partial charge in [-0.3, -0.25) is 14.5 Å². The molecule has 0 aliphatic carbocycles. The average molecular weight is 343 g/mol. The second-order valence-corrected chi connectivity index (χ2v) is 7.56. The monoisotopic (exact) mass is 343 g/mol. The van der Waals surface area contributed by atoms with Crippen LogP contribution in [-0.2, 0) is 16.1 Å². The van der Waals surface area contributed by atoms with E-state index in [1.807, 2.05) is 24.0 Å². The van der Waals surface area contributed by atoms with Gasteiger partial charge in [-0.1, -0.05) is 24.3 Å². The van der Waals surface area contributed by atoms with Crippen LogP contribution in [0.3, 0.4) is 0 Å². The van der Waals surface area contributed by atoms with E-state index in [4.69, 9.17) is 0 Å². The molecule has 2 heterocycles. The Bertz CT molecular complexity index is 636. The van der Waals surface area contributed by atoms with Crippen molar-refractivity contribution in [1.82, 2.24) is 15.1 Å². The second-order valence-electron chi connectivity index (χ2n) is 7.56. The van der Waals surface area contributed by atoms with Crippen LogP contribution < -0.4 is 5.32 Å². The lowest BCUT2D eigenvalue weighted by atomic mass is 9.77. The third kappa shape index (κ3) is 4.21. The summed E-state index contributed by atoms with van der Waals surface area (Å²) < 4.78 is 0. The molecule has 1 aromatic carbocycles. The Hall–Kier alpha value is -1.88. The fourth-order valence-electron chi connectivity index (χ4n) is 4.05. The number of hydrogen-bond donors (Lipinski definition) is 1. The summed E-state index contributed by atoms with van der Waals surface area (Å²) in [4.78, 5) is 28.5. The predicted octanol–water partition coefficient (Wildman–Crippen LogP) is 1.95. The first-order chi connectivity index (χ1) is 12.0. The maximum absolute atomic E-state index is 12.2. The topological polar surface area (TPSA) is 52.6 Å². The number of carbonyl (C=O) groups is 2. The van der Waals surface area contributed by atoms with Crippen LogP contribution >= 0.6 is 0 Å². The van der Waals surface area contributed by atoms with E-state index in [2.05, 4.69) is 29.3 Å². The van der Waals surface area contributed by atoms with Crippen molar-refractivity contribution in [3.63, 3.8) is 0 Å². The molecule has 0 bridgehead atoms. The minimum absolute atomic E-state index is 0.0805. The number of piperidine rings is 1. The molecule has 0 radical (unpaired) electrons. The van der Waals surface area contributed by atoms with Crippen molar-refractivity contribution in [2.24, 2.45) is 5.41 Å². The van der Waals surface area contributed by atoms with Crippen molar-refractivity contribution >= 4 is 11.8 Å². The van der Waals surface area contributed by atoms with Gasteiger partial charge in [0, 0.05) is 26.1 Å². The molecule has 2 saturated heterocycles. The number of rotatable bonds is 5. The van der Waals surface area contributed by atoms with Crippen LogP contribution in [0.5, 0.6) is 0 Å². The van der Waals surface area contributed by atoms with E-state index in [0.717, 1.165) is 44.6 Å². The molecule has 0 aromatic heterocycles. The van der Waals surface area contributed by atoms with Gasteiger partial charge in [0.1, 0.15) is 0 Å². The van der Waals surface area contributed by atoms with Crippen LogP contribution in [0, 0.1) is 12.3 Å². The summed E-state index contributed by atoms with van der Waals surface area (Å²) in [6.07, 6.45) is 2.72. The van der Waals surface area contributed by atoms with Gasteiger partial charge in [0.25, 0.3) is 0 Å². The van der Waals surface area contributed by atoms with Gasteiger partial charge in [-0.25, -0.2) is 0 Å². The van der Waals surface area contributed by atoms with E-state index < -0.39 is 0 Å². The van der Waals surface area contributed by atoms with E-state index in [1.54, 1.807) is 0 Å². The average Bonchev–Trinajstić information content (AvgIpc) is 2.92. The number of nitrogens with zero attached hydrogens (tertiary/aromatic N) is 2. The Kier molecular flexibility index (Phi) is 5.42. The number of benzene rings is 1. The van der Waals surface area contributed by atoms with Gasteiger partial charge < -0.3 is 10.2 Å². The molecular weight excluding hydrogens is 314 g/mol. The molecule has 5 nitrogen and oxygen atoms in total. The van der Waals surface area contributed by atoms with E-state index in [1.165, 1.54) is 5.56 Å². The molecule has 5 heteroatoms. The maximum Gasteiger partial charge on any atom is 0.234 e. The zero-order valence-electron chi connectivity index (χ0n) is 15.4. The Morgan fingerprint density at radius 3 is 2.60 bits per heavy atom. The summed E-state index contributed by atoms with van der Waals surface area (Å²) in [5.41, 5.74) is 2.52. The highest BCUT2D eigenvalue weighted by atomic mass is 16.2. The van der Waals surface area contributed by atoms with Gasteiger partial charge in [0.15, 0.2) is 0 Å². The number of aryl methyl sites for hydroxylation is 1. The normalized spacial score (nSPS) is 20.2. The molecule has 2 aliphatic heterocycles. The smallest absolute Gasteiger partial charge is 0.234 e. The lowest BCUT2D eigenvalue weighted by molar-refractivity contribution is -0.128. The SMILES string of the molecule is CCN1CC2(CCN(CC(=O)NCc3ccccc3C)CC2)CC1=O. The van der Waals surface area contributed by atoms with Crippen LogP contribution in [0.4, 0.5) is 0 Å². The summed E-state index contributed by atoms with van der Waals surface area (Å²) in [6.45, 7) is 8.67. The molecule has 0 unspecified atom stereocenters. The predicted molar refractivity (Wildman–Crippen MR) is 98.0 cm³/mol. The zero-order valence-corrected chi connectivity index (χ0v) is 15.4. The lowest BCUT2D eigenvalue weighted by Crippen LogP contribution is -2.45. The van der Waals surface area contributed by atoms with Crippen molar-refractivity contribution in [2.75, 3.05) is 32.7 Å². The quantitative estimate of drug-likeness (QED) is 0.889. The minimum Gasteiger partial charge on any atom is -0.351 e. The van der Waals surface area contributed by atoms with E-state index >= 15 is 0 Å². The highest BCUT2D eigenvalue weighted by Crippen LogP contribution is 2.40. The largest absolute Gasteiger partial charge is 0.351 e. The zero-order chi connectivity index (χ0) is 17.9. The van der Waals surface area contributed by atoms with E-state index in [-0.39, 0.29) is 11.3 Å². The summed E-state index contributed by atoms with van der Waals surface area (Å²) in [5.74, 6) is 0.379. The van der Waals surface area contributed by atoms with Crippen LogP contribution in [-0.4, -0.2) is 54.3 Å². The number of amides is 2. The second kappa shape index (κ2) is 7.56. The Morgan fingerprint density at radius 2 is 1.96 bits per heavy atom. The lowest BCUT2D eigenvalue weighted by Gasteiger charge is -2.38. The molecule has 1 N–H and O–H groups in total. The van der Waals surface area contributed by atoms with Gasteiger partial charge in [0.05, 0.1) is 6.54 Å². The van der Waals surface area contributed by atoms with Crippen LogP contribution in [0.1, 0.15) is 37.3 Å².